The van der Waals surface area contributed by atoms with Gasteiger partial charge in [0.1, 0.15) is 17.9 Å². The zero-order valence-electron chi connectivity index (χ0n) is 13.3. The molecule has 0 spiro atoms. The third-order valence-corrected chi connectivity index (χ3v) is 3.52. The Labute approximate surface area is 134 Å². The van der Waals surface area contributed by atoms with Crippen LogP contribution in [0.2, 0.25) is 0 Å². The van der Waals surface area contributed by atoms with Crippen LogP contribution in [0.4, 0.5) is 0 Å². The molecule has 0 saturated heterocycles. The summed E-state index contributed by atoms with van der Waals surface area (Å²) in [4.78, 5) is 13.4. The highest BCUT2D eigenvalue weighted by atomic mass is 16.5. The summed E-state index contributed by atoms with van der Waals surface area (Å²) in [6.07, 6.45) is 0. The largest absolute Gasteiger partial charge is 0.489 e. The molecule has 1 heterocycles. The lowest BCUT2D eigenvalue weighted by molar-refractivity contribution is 0.306. The van der Waals surface area contributed by atoms with E-state index in [0.29, 0.717) is 17.9 Å². The third-order valence-electron chi connectivity index (χ3n) is 3.52. The van der Waals surface area contributed by atoms with Crippen LogP contribution in [0.25, 0.3) is 11.0 Å². The number of rotatable bonds is 5. The molecule has 4 heteroatoms. The molecule has 0 atom stereocenters. The van der Waals surface area contributed by atoms with Crippen LogP contribution in [0, 0.1) is 0 Å². The summed E-state index contributed by atoms with van der Waals surface area (Å²) in [5.41, 5.74) is 2.55. The van der Waals surface area contributed by atoms with E-state index >= 15 is 0 Å². The number of hydrogen-bond donors (Lipinski definition) is 0. The van der Waals surface area contributed by atoms with E-state index in [9.17, 15) is 4.79 Å². The molecule has 3 rings (SSSR count). The first kappa shape index (κ1) is 15.3. The molecule has 0 radical (unpaired) electrons. The molecule has 118 valence electrons. The molecule has 0 aliphatic rings. The van der Waals surface area contributed by atoms with E-state index in [1.165, 1.54) is 11.6 Å². The summed E-state index contributed by atoms with van der Waals surface area (Å²) in [7, 11) is 4.10. The first-order valence-corrected chi connectivity index (χ1v) is 7.49. The van der Waals surface area contributed by atoms with Gasteiger partial charge in [-0.3, -0.25) is 0 Å². The van der Waals surface area contributed by atoms with E-state index in [-0.39, 0.29) is 5.63 Å². The summed E-state index contributed by atoms with van der Waals surface area (Å²) in [5, 5.41) is 0.880. The van der Waals surface area contributed by atoms with Crippen LogP contribution in [-0.2, 0) is 13.2 Å². The second-order valence-corrected chi connectivity index (χ2v) is 5.80. The van der Waals surface area contributed by atoms with Crippen molar-refractivity contribution in [2.24, 2.45) is 0 Å². The van der Waals surface area contributed by atoms with E-state index in [1.807, 2.05) is 12.1 Å². The Hall–Kier alpha value is -2.59. The van der Waals surface area contributed by atoms with Crippen LogP contribution >= 0.6 is 0 Å². The topological polar surface area (TPSA) is 42.7 Å². The van der Waals surface area contributed by atoms with Crippen LogP contribution in [0.5, 0.6) is 5.75 Å². The molecule has 23 heavy (non-hydrogen) atoms. The summed E-state index contributed by atoms with van der Waals surface area (Å²) >= 11 is 0. The van der Waals surface area contributed by atoms with Gasteiger partial charge >= 0.3 is 5.63 Å². The predicted octanol–water partition coefficient (Wildman–Crippen LogP) is 3.43. The highest BCUT2D eigenvalue weighted by Gasteiger charge is 2.02. The molecule has 0 bridgehead atoms. The minimum absolute atomic E-state index is 0.355. The van der Waals surface area contributed by atoms with Gasteiger partial charge in [-0.25, -0.2) is 4.79 Å². The SMILES string of the molecule is CN(C)Cc1ccc(COc2ccc3ccc(=O)oc3c2)cc1. The van der Waals surface area contributed by atoms with Crippen molar-refractivity contribution in [2.45, 2.75) is 13.2 Å². The van der Waals surface area contributed by atoms with Gasteiger partial charge < -0.3 is 14.1 Å². The van der Waals surface area contributed by atoms with E-state index in [0.717, 1.165) is 17.5 Å². The van der Waals surface area contributed by atoms with Gasteiger partial charge in [-0.05, 0) is 43.4 Å². The van der Waals surface area contributed by atoms with Crippen molar-refractivity contribution in [1.29, 1.82) is 0 Å². The first-order valence-electron chi connectivity index (χ1n) is 7.49. The number of nitrogens with zero attached hydrogens (tertiary/aromatic N) is 1. The van der Waals surface area contributed by atoms with Crippen molar-refractivity contribution < 1.29 is 9.15 Å². The molecular formula is C19H19NO3. The van der Waals surface area contributed by atoms with Gasteiger partial charge in [0.05, 0.1) is 0 Å². The smallest absolute Gasteiger partial charge is 0.336 e. The van der Waals surface area contributed by atoms with Gasteiger partial charge in [0, 0.05) is 24.1 Å². The van der Waals surface area contributed by atoms with Gasteiger partial charge in [-0.2, -0.15) is 0 Å². The van der Waals surface area contributed by atoms with E-state index < -0.39 is 0 Å². The molecule has 0 fully saturated rings. The lowest BCUT2D eigenvalue weighted by Crippen LogP contribution is -2.10. The number of hydrogen-bond acceptors (Lipinski definition) is 4. The molecule has 0 unspecified atom stereocenters. The molecule has 0 amide bonds. The minimum atomic E-state index is -0.355. The van der Waals surface area contributed by atoms with Crippen LogP contribution in [0.1, 0.15) is 11.1 Å². The Morgan fingerprint density at radius 3 is 2.39 bits per heavy atom. The molecular weight excluding hydrogens is 290 g/mol. The monoisotopic (exact) mass is 309 g/mol. The second kappa shape index (κ2) is 6.67. The molecule has 1 aromatic heterocycles. The zero-order valence-corrected chi connectivity index (χ0v) is 13.3. The summed E-state index contributed by atoms with van der Waals surface area (Å²) < 4.78 is 11.0. The predicted molar refractivity (Wildman–Crippen MR) is 90.6 cm³/mol. The number of benzene rings is 2. The van der Waals surface area contributed by atoms with E-state index in [2.05, 4.69) is 43.3 Å². The first-order chi connectivity index (χ1) is 11.1. The fourth-order valence-electron chi connectivity index (χ4n) is 2.40. The van der Waals surface area contributed by atoms with Crippen molar-refractivity contribution in [3.05, 3.63) is 76.1 Å². The van der Waals surface area contributed by atoms with Gasteiger partial charge in [0.15, 0.2) is 0 Å². The van der Waals surface area contributed by atoms with Gasteiger partial charge in [-0.15, -0.1) is 0 Å². The fourth-order valence-corrected chi connectivity index (χ4v) is 2.40. The van der Waals surface area contributed by atoms with Crippen molar-refractivity contribution in [2.75, 3.05) is 14.1 Å². The maximum absolute atomic E-state index is 11.3. The standard InChI is InChI=1S/C19H19NO3/c1-20(2)12-14-3-5-15(6-4-14)13-22-17-9-7-16-8-10-19(21)23-18(16)11-17/h3-11H,12-13H2,1-2H3. The van der Waals surface area contributed by atoms with Crippen LogP contribution in [-0.4, -0.2) is 19.0 Å². The van der Waals surface area contributed by atoms with Crippen LogP contribution < -0.4 is 10.4 Å². The maximum Gasteiger partial charge on any atom is 0.336 e. The lowest BCUT2D eigenvalue weighted by Gasteiger charge is -2.11. The highest BCUT2D eigenvalue weighted by molar-refractivity contribution is 5.77. The lowest BCUT2D eigenvalue weighted by atomic mass is 10.1. The van der Waals surface area contributed by atoms with Crippen molar-refractivity contribution in [1.82, 2.24) is 4.90 Å². The molecule has 0 aliphatic heterocycles. The van der Waals surface area contributed by atoms with Gasteiger partial charge in [0.2, 0.25) is 0 Å². The molecule has 0 aliphatic carbocycles. The number of ether oxygens (including phenoxy) is 1. The normalized spacial score (nSPS) is 11.1. The van der Waals surface area contributed by atoms with Crippen LogP contribution in [0.3, 0.4) is 0 Å². The Bertz CT molecular complexity index is 850. The molecule has 0 N–H and O–H groups in total. The van der Waals surface area contributed by atoms with Crippen molar-refractivity contribution in [3.63, 3.8) is 0 Å². The average Bonchev–Trinajstić information content (AvgIpc) is 2.53. The fraction of sp³-hybridized carbons (Fsp3) is 0.211. The van der Waals surface area contributed by atoms with Crippen molar-refractivity contribution in [3.8, 4) is 5.75 Å². The Morgan fingerprint density at radius 2 is 1.65 bits per heavy atom. The number of fused-ring (bicyclic) bond motifs is 1. The van der Waals surface area contributed by atoms with Gasteiger partial charge in [0.25, 0.3) is 0 Å². The summed E-state index contributed by atoms with van der Waals surface area (Å²) in [6.45, 7) is 1.40. The minimum Gasteiger partial charge on any atom is -0.489 e. The second-order valence-electron chi connectivity index (χ2n) is 5.80. The third kappa shape index (κ3) is 3.99. The van der Waals surface area contributed by atoms with Crippen LogP contribution in [0.15, 0.2) is 63.8 Å². The summed E-state index contributed by atoms with van der Waals surface area (Å²) in [5.74, 6) is 0.684. The molecule has 4 nitrogen and oxygen atoms in total. The van der Waals surface area contributed by atoms with E-state index in [1.54, 1.807) is 12.1 Å². The Kier molecular flexibility index (Phi) is 4.44. The Balaban J connectivity index is 1.69. The maximum atomic E-state index is 11.3. The molecule has 2 aromatic carbocycles. The zero-order chi connectivity index (χ0) is 16.2. The van der Waals surface area contributed by atoms with Crippen molar-refractivity contribution >= 4 is 11.0 Å². The van der Waals surface area contributed by atoms with E-state index in [4.69, 9.17) is 9.15 Å². The molecule has 3 aromatic rings. The molecule has 0 saturated carbocycles. The summed E-state index contributed by atoms with van der Waals surface area (Å²) in [6, 6.07) is 17.0. The van der Waals surface area contributed by atoms with Gasteiger partial charge in [-0.1, -0.05) is 24.3 Å². The Morgan fingerprint density at radius 1 is 0.957 bits per heavy atom. The highest BCUT2D eigenvalue weighted by Crippen LogP contribution is 2.20. The quantitative estimate of drug-likeness (QED) is 0.677. The average molecular weight is 309 g/mol.